The maximum Gasteiger partial charge on any atom is 0.225 e. The van der Waals surface area contributed by atoms with Crippen molar-refractivity contribution < 1.29 is 9.90 Å². The summed E-state index contributed by atoms with van der Waals surface area (Å²) >= 11 is 0. The maximum absolute atomic E-state index is 12.9. The number of aliphatic hydroxyl groups is 1. The lowest BCUT2D eigenvalue weighted by Crippen LogP contribution is -2.44. The van der Waals surface area contributed by atoms with Crippen molar-refractivity contribution in [3.63, 3.8) is 0 Å². The summed E-state index contributed by atoms with van der Waals surface area (Å²) in [5.74, 6) is 1.10. The fourth-order valence-electron chi connectivity index (χ4n) is 4.12. The zero-order valence-electron chi connectivity index (χ0n) is 14.6. The molecule has 6 nitrogen and oxygen atoms in total. The number of piperidine rings is 1. The highest BCUT2D eigenvalue weighted by Gasteiger charge is 2.29. The van der Waals surface area contributed by atoms with Gasteiger partial charge in [-0.1, -0.05) is 38.3 Å². The van der Waals surface area contributed by atoms with E-state index in [0.717, 1.165) is 51.0 Å². The lowest BCUT2D eigenvalue weighted by molar-refractivity contribution is -0.138. The van der Waals surface area contributed by atoms with E-state index in [0.29, 0.717) is 18.2 Å². The van der Waals surface area contributed by atoms with Crippen LogP contribution in [0.4, 0.5) is 0 Å². The van der Waals surface area contributed by atoms with Gasteiger partial charge >= 0.3 is 0 Å². The average molecular weight is 351 g/mol. The van der Waals surface area contributed by atoms with Crippen molar-refractivity contribution in [3.05, 3.63) is 11.9 Å². The second-order valence-electron chi connectivity index (χ2n) is 7.39. The molecule has 1 aliphatic carbocycles. The van der Waals surface area contributed by atoms with Crippen LogP contribution in [0.25, 0.3) is 0 Å². The van der Waals surface area contributed by atoms with E-state index >= 15 is 0 Å². The van der Waals surface area contributed by atoms with Crippen LogP contribution in [0.1, 0.15) is 64.5 Å². The van der Waals surface area contributed by atoms with E-state index in [-0.39, 0.29) is 20.0 Å². The van der Waals surface area contributed by atoms with Gasteiger partial charge in [-0.05, 0) is 31.6 Å². The minimum absolute atomic E-state index is 0. The van der Waals surface area contributed by atoms with Crippen LogP contribution in [0.3, 0.4) is 0 Å². The van der Waals surface area contributed by atoms with Crippen LogP contribution in [0.2, 0.25) is 0 Å². The summed E-state index contributed by atoms with van der Waals surface area (Å²) in [5, 5.41) is 17.2. The first-order chi connectivity index (χ1) is 11.8. The third kappa shape index (κ3) is 5.53. The van der Waals surface area contributed by atoms with Gasteiger partial charge in [0.25, 0.3) is 0 Å². The Bertz CT molecular complexity index is 523. The molecule has 0 bridgehead atoms. The Morgan fingerprint density at radius 2 is 1.92 bits per heavy atom. The van der Waals surface area contributed by atoms with Gasteiger partial charge in [0.1, 0.15) is 0 Å². The number of carbonyl (C=O) groups excluding carboxylic acids is 1. The second-order valence-corrected chi connectivity index (χ2v) is 7.39. The first-order valence-electron chi connectivity index (χ1n) is 9.55. The monoisotopic (exact) mass is 350 g/mol. The fraction of sp³-hybridized carbons (Fsp3) is 0.842. The minimum Gasteiger partial charge on any atom is -0.396 e. The molecule has 1 saturated heterocycles. The molecule has 2 fully saturated rings. The molecule has 2 heterocycles. The summed E-state index contributed by atoms with van der Waals surface area (Å²) in [6.45, 7) is 2.68. The zero-order chi connectivity index (χ0) is 16.8. The summed E-state index contributed by atoms with van der Waals surface area (Å²) in [5.41, 5.74) is 0.833. The Hall–Kier alpha value is -1.43. The smallest absolute Gasteiger partial charge is 0.225 e. The van der Waals surface area contributed by atoms with Gasteiger partial charge in [0.05, 0.1) is 5.69 Å². The topological polar surface area (TPSA) is 71.2 Å². The predicted octanol–water partition coefficient (Wildman–Crippen LogP) is 2.66. The molecule has 1 aromatic heterocycles. The first-order valence-corrected chi connectivity index (χ1v) is 9.55. The average Bonchev–Trinajstić information content (AvgIpc) is 2.86. The number of aliphatic hydroxyl groups excluding tert-OH is 1. The zero-order valence-corrected chi connectivity index (χ0v) is 14.6. The molecular formula is C19H34N4O2. The highest BCUT2D eigenvalue weighted by Crippen LogP contribution is 2.27. The van der Waals surface area contributed by atoms with Crippen molar-refractivity contribution in [2.75, 3.05) is 19.7 Å². The van der Waals surface area contributed by atoms with Crippen LogP contribution in [0.5, 0.6) is 0 Å². The van der Waals surface area contributed by atoms with Crippen LogP contribution in [0, 0.1) is 11.8 Å². The summed E-state index contributed by atoms with van der Waals surface area (Å²) in [6.07, 6.45) is 11.8. The molecule has 1 saturated carbocycles. The number of amides is 1. The van der Waals surface area contributed by atoms with Crippen molar-refractivity contribution in [3.8, 4) is 0 Å². The number of aromatic nitrogens is 3. The number of likely N-dealkylation sites (tertiary alicyclic amines) is 1. The molecule has 0 aromatic carbocycles. The molecule has 6 heteroatoms. The second kappa shape index (κ2) is 9.90. The maximum atomic E-state index is 12.9. The highest BCUT2D eigenvalue weighted by atomic mass is 16.3. The Kier molecular flexibility index (Phi) is 7.88. The third-order valence-corrected chi connectivity index (χ3v) is 5.43. The number of rotatable bonds is 5. The van der Waals surface area contributed by atoms with E-state index in [1.165, 1.54) is 25.7 Å². The highest BCUT2D eigenvalue weighted by molar-refractivity contribution is 5.79. The Morgan fingerprint density at radius 1 is 1.16 bits per heavy atom. The molecule has 1 amide bonds. The van der Waals surface area contributed by atoms with Crippen LogP contribution >= 0.6 is 0 Å². The molecule has 0 spiro atoms. The molecule has 0 radical (unpaired) electrons. The summed E-state index contributed by atoms with van der Waals surface area (Å²) in [7, 11) is 0. The number of nitrogens with zero attached hydrogens (tertiary/aromatic N) is 4. The number of hydrogen-bond donors (Lipinski definition) is 1. The predicted molar refractivity (Wildman–Crippen MR) is 98.0 cm³/mol. The lowest BCUT2D eigenvalue weighted by atomic mass is 9.94. The van der Waals surface area contributed by atoms with Gasteiger partial charge < -0.3 is 10.0 Å². The van der Waals surface area contributed by atoms with Gasteiger partial charge in [-0.25, -0.2) is 0 Å². The van der Waals surface area contributed by atoms with Gasteiger partial charge in [-0.2, -0.15) is 0 Å². The summed E-state index contributed by atoms with van der Waals surface area (Å²) < 4.78 is 1.87. The van der Waals surface area contributed by atoms with Crippen LogP contribution in [-0.4, -0.2) is 50.6 Å². The van der Waals surface area contributed by atoms with Crippen molar-refractivity contribution in [2.45, 2.75) is 71.8 Å². The van der Waals surface area contributed by atoms with Gasteiger partial charge in [0.15, 0.2) is 0 Å². The molecule has 1 N–H and O–H groups in total. The normalized spacial score (nSPS) is 22.3. The minimum atomic E-state index is 0. The number of carbonyl (C=O) groups is 1. The van der Waals surface area contributed by atoms with E-state index in [1.807, 2.05) is 10.9 Å². The Morgan fingerprint density at radius 3 is 2.64 bits per heavy atom. The van der Waals surface area contributed by atoms with E-state index in [1.54, 1.807) is 0 Å². The molecule has 142 valence electrons. The summed E-state index contributed by atoms with van der Waals surface area (Å²) in [6, 6.07) is 0. The molecule has 3 rings (SSSR count). The number of hydrogen-bond acceptors (Lipinski definition) is 4. The Labute approximate surface area is 151 Å². The molecule has 1 unspecified atom stereocenters. The van der Waals surface area contributed by atoms with Gasteiger partial charge in [0, 0.05) is 44.8 Å². The van der Waals surface area contributed by atoms with E-state index < -0.39 is 0 Å². The van der Waals surface area contributed by atoms with E-state index in [2.05, 4.69) is 15.2 Å². The van der Waals surface area contributed by atoms with Crippen molar-refractivity contribution in [1.29, 1.82) is 0 Å². The lowest BCUT2D eigenvalue weighted by Gasteiger charge is -2.34. The Balaban J connectivity index is 0.00000225. The third-order valence-electron chi connectivity index (χ3n) is 5.43. The van der Waals surface area contributed by atoms with Crippen LogP contribution in [-0.2, 0) is 17.8 Å². The largest absolute Gasteiger partial charge is 0.396 e. The van der Waals surface area contributed by atoms with Crippen LogP contribution in [0.15, 0.2) is 6.20 Å². The standard InChI is InChI=1S/C18H30N4O2.CH4/c23-11-9-17-14-22(20-19-17)13-15-6-5-10-21(12-15)18(24)16-7-3-1-2-4-8-16;/h14-16,23H,1-13H2;1H4. The van der Waals surface area contributed by atoms with Crippen molar-refractivity contribution in [1.82, 2.24) is 19.9 Å². The molecule has 1 aliphatic heterocycles. The van der Waals surface area contributed by atoms with Gasteiger partial charge in [-0.3, -0.25) is 9.48 Å². The van der Waals surface area contributed by atoms with Crippen LogP contribution < -0.4 is 0 Å². The van der Waals surface area contributed by atoms with Crippen molar-refractivity contribution >= 4 is 5.91 Å². The quantitative estimate of drug-likeness (QED) is 0.829. The fourth-order valence-corrected chi connectivity index (χ4v) is 4.12. The van der Waals surface area contributed by atoms with Gasteiger partial charge in [-0.15, -0.1) is 5.10 Å². The molecule has 1 atom stereocenters. The van der Waals surface area contributed by atoms with E-state index in [9.17, 15) is 4.79 Å². The molecule has 1 aromatic rings. The van der Waals surface area contributed by atoms with Gasteiger partial charge in [0.2, 0.25) is 5.91 Å². The van der Waals surface area contributed by atoms with Crippen molar-refractivity contribution in [2.24, 2.45) is 11.8 Å². The van der Waals surface area contributed by atoms with E-state index in [4.69, 9.17) is 5.11 Å². The first kappa shape index (κ1) is 19.9. The summed E-state index contributed by atoms with van der Waals surface area (Å²) in [4.78, 5) is 15.0. The molecule has 2 aliphatic rings. The SMILES string of the molecule is C.O=C(C1CCCCCC1)N1CCCC(Cn2cc(CCO)nn2)C1. The molecule has 25 heavy (non-hydrogen) atoms. The molecular weight excluding hydrogens is 316 g/mol.